The summed E-state index contributed by atoms with van der Waals surface area (Å²) in [6.07, 6.45) is 0. The van der Waals surface area contributed by atoms with Crippen LogP contribution < -0.4 is 5.32 Å². The van der Waals surface area contributed by atoms with E-state index in [0.717, 1.165) is 11.1 Å². The van der Waals surface area contributed by atoms with Crippen LogP contribution in [0, 0.1) is 11.6 Å². The van der Waals surface area contributed by atoms with E-state index >= 15 is 0 Å². The van der Waals surface area contributed by atoms with Gasteiger partial charge in [-0.2, -0.15) is 0 Å². The number of Topliss-reactive ketones (excluding diaryl/α,β-unsaturated/α-hetero) is 1. The molecule has 0 saturated heterocycles. The summed E-state index contributed by atoms with van der Waals surface area (Å²) in [5.74, 6) is -0.249. The van der Waals surface area contributed by atoms with Gasteiger partial charge in [0.15, 0.2) is 11.0 Å². The highest BCUT2D eigenvalue weighted by Crippen LogP contribution is 2.43. The molecule has 1 aliphatic carbocycles. The van der Waals surface area contributed by atoms with Crippen LogP contribution in [0.4, 0.5) is 8.78 Å². The molecule has 1 atom stereocenters. The molecule has 1 N–H and O–H groups in total. The molecule has 3 aromatic carbocycles. The minimum absolute atomic E-state index is 0.132. The third-order valence-corrected chi connectivity index (χ3v) is 6.15. The molecule has 148 valence electrons. The highest BCUT2D eigenvalue weighted by atomic mass is 32.2. The Kier molecular flexibility index (Phi) is 4.71. The summed E-state index contributed by atoms with van der Waals surface area (Å²) >= 11 is 1.43. The van der Waals surface area contributed by atoms with Crippen LogP contribution in [-0.2, 0) is 5.75 Å². The van der Waals surface area contributed by atoms with Crippen molar-refractivity contribution in [3.05, 3.63) is 112 Å². The molecular formula is C24H16F2N2OS. The maximum absolute atomic E-state index is 14.6. The highest BCUT2D eigenvalue weighted by molar-refractivity contribution is 8.13. The molecular weight excluding hydrogens is 402 g/mol. The number of halogens is 2. The van der Waals surface area contributed by atoms with E-state index in [1.807, 2.05) is 18.2 Å². The number of ketones is 1. The first-order chi connectivity index (χ1) is 14.6. The van der Waals surface area contributed by atoms with E-state index < -0.39 is 11.9 Å². The minimum Gasteiger partial charge on any atom is -0.334 e. The number of hydrogen-bond acceptors (Lipinski definition) is 4. The van der Waals surface area contributed by atoms with E-state index in [9.17, 15) is 13.6 Å². The molecule has 1 heterocycles. The van der Waals surface area contributed by atoms with E-state index in [0.29, 0.717) is 33.3 Å². The fraction of sp³-hybridized carbons (Fsp3) is 0.0833. The van der Waals surface area contributed by atoms with Crippen molar-refractivity contribution in [2.45, 2.75) is 11.8 Å². The molecule has 0 amide bonds. The van der Waals surface area contributed by atoms with Crippen LogP contribution in [0.25, 0.3) is 5.70 Å². The number of hydrogen-bond donors (Lipinski definition) is 1. The van der Waals surface area contributed by atoms with Crippen molar-refractivity contribution in [2.24, 2.45) is 4.99 Å². The number of carbonyl (C=O) groups is 1. The molecule has 1 aliphatic heterocycles. The van der Waals surface area contributed by atoms with Gasteiger partial charge < -0.3 is 5.32 Å². The Labute approximate surface area is 176 Å². The average molecular weight is 418 g/mol. The number of carbonyl (C=O) groups excluding carboxylic acids is 1. The van der Waals surface area contributed by atoms with Gasteiger partial charge in [-0.25, -0.2) is 13.8 Å². The van der Waals surface area contributed by atoms with Crippen LogP contribution in [0.2, 0.25) is 0 Å². The molecule has 0 bridgehead atoms. The quantitative estimate of drug-likeness (QED) is 0.610. The average Bonchev–Trinajstić information content (AvgIpc) is 3.06. The lowest BCUT2D eigenvalue weighted by Crippen LogP contribution is -2.27. The molecule has 6 heteroatoms. The molecule has 3 nitrogen and oxygen atoms in total. The smallest absolute Gasteiger partial charge is 0.194 e. The molecule has 0 spiro atoms. The van der Waals surface area contributed by atoms with Gasteiger partial charge >= 0.3 is 0 Å². The van der Waals surface area contributed by atoms with Crippen molar-refractivity contribution in [1.82, 2.24) is 5.32 Å². The molecule has 0 radical (unpaired) electrons. The molecule has 0 saturated carbocycles. The third-order valence-electron chi connectivity index (χ3n) is 5.20. The number of nitrogens with zero attached hydrogens (tertiary/aromatic N) is 1. The number of rotatable bonds is 3. The summed E-state index contributed by atoms with van der Waals surface area (Å²) in [6.45, 7) is 0. The van der Waals surface area contributed by atoms with Crippen molar-refractivity contribution in [3.8, 4) is 0 Å². The van der Waals surface area contributed by atoms with E-state index in [-0.39, 0.29) is 11.6 Å². The van der Waals surface area contributed by atoms with Crippen molar-refractivity contribution in [1.29, 1.82) is 0 Å². The predicted molar refractivity (Wildman–Crippen MR) is 115 cm³/mol. The number of aliphatic imine (C=N–C) groups is 1. The zero-order chi connectivity index (χ0) is 20.7. The molecule has 5 rings (SSSR count). The fourth-order valence-electron chi connectivity index (χ4n) is 3.75. The van der Waals surface area contributed by atoms with Crippen LogP contribution in [-0.4, -0.2) is 11.0 Å². The van der Waals surface area contributed by atoms with Gasteiger partial charge in [-0.05, 0) is 23.8 Å². The monoisotopic (exact) mass is 418 g/mol. The van der Waals surface area contributed by atoms with Crippen LogP contribution in [0.5, 0.6) is 0 Å². The summed E-state index contributed by atoms with van der Waals surface area (Å²) < 4.78 is 27.8. The maximum atomic E-state index is 14.6. The molecule has 1 unspecified atom stereocenters. The van der Waals surface area contributed by atoms with Gasteiger partial charge in [0.25, 0.3) is 0 Å². The van der Waals surface area contributed by atoms with Gasteiger partial charge in [0.2, 0.25) is 0 Å². The Morgan fingerprint density at radius 3 is 2.37 bits per heavy atom. The predicted octanol–water partition coefficient (Wildman–Crippen LogP) is 5.51. The standard InChI is InChI=1S/C24H16F2N2OS/c25-15-11-9-14(10-12-15)13-30-24-27-21-16-5-1-2-6-17(16)23(29)20(21)22(28-24)18-7-3-4-8-19(18)26/h1-12,22H,13H2,(H,27,28). The van der Waals surface area contributed by atoms with Crippen LogP contribution in [0.15, 0.2) is 83.4 Å². The summed E-state index contributed by atoms with van der Waals surface area (Å²) in [6, 6.07) is 19.3. The molecule has 0 fully saturated rings. The Bertz CT molecular complexity index is 1220. The normalized spacial score (nSPS) is 17.3. The largest absolute Gasteiger partial charge is 0.334 e. The van der Waals surface area contributed by atoms with E-state index in [1.165, 1.54) is 30.0 Å². The topological polar surface area (TPSA) is 41.5 Å². The number of amidine groups is 1. The Morgan fingerprint density at radius 2 is 1.60 bits per heavy atom. The number of benzene rings is 3. The Hall–Kier alpha value is -3.25. The van der Waals surface area contributed by atoms with E-state index in [1.54, 1.807) is 36.4 Å². The second-order valence-electron chi connectivity index (χ2n) is 7.06. The third kappa shape index (κ3) is 3.23. The number of nitrogens with one attached hydrogen (secondary N) is 1. The molecule has 0 aromatic heterocycles. The molecule has 30 heavy (non-hydrogen) atoms. The second kappa shape index (κ2) is 7.54. The van der Waals surface area contributed by atoms with Gasteiger partial charge in [-0.15, -0.1) is 0 Å². The SMILES string of the molecule is O=C1C2=C(NC(SCc3ccc(F)cc3)=NC2c2ccccc2F)c2ccccc21. The Balaban J connectivity index is 1.53. The zero-order valence-corrected chi connectivity index (χ0v) is 16.5. The van der Waals surface area contributed by atoms with Crippen LogP contribution in [0.1, 0.15) is 33.1 Å². The van der Waals surface area contributed by atoms with Crippen molar-refractivity contribution >= 4 is 28.4 Å². The van der Waals surface area contributed by atoms with Crippen LogP contribution >= 0.6 is 11.8 Å². The summed E-state index contributed by atoms with van der Waals surface area (Å²) in [5.41, 5.74) is 3.85. The molecule has 2 aliphatic rings. The van der Waals surface area contributed by atoms with Gasteiger partial charge in [-0.1, -0.05) is 66.4 Å². The summed E-state index contributed by atoms with van der Waals surface area (Å²) in [7, 11) is 0. The maximum Gasteiger partial charge on any atom is 0.194 e. The van der Waals surface area contributed by atoms with Gasteiger partial charge in [0.1, 0.15) is 17.7 Å². The first-order valence-electron chi connectivity index (χ1n) is 9.46. The van der Waals surface area contributed by atoms with Crippen molar-refractivity contribution in [2.75, 3.05) is 0 Å². The summed E-state index contributed by atoms with van der Waals surface area (Å²) in [4.78, 5) is 17.8. The first kappa shape index (κ1) is 18.8. The second-order valence-corrected chi connectivity index (χ2v) is 8.03. The van der Waals surface area contributed by atoms with Crippen molar-refractivity contribution < 1.29 is 13.6 Å². The first-order valence-corrected chi connectivity index (χ1v) is 10.4. The van der Waals surface area contributed by atoms with Gasteiger partial charge in [-0.3, -0.25) is 4.79 Å². The van der Waals surface area contributed by atoms with Crippen molar-refractivity contribution in [3.63, 3.8) is 0 Å². The van der Waals surface area contributed by atoms with E-state index in [2.05, 4.69) is 5.32 Å². The number of thioether (sulfide) groups is 1. The lowest BCUT2D eigenvalue weighted by molar-refractivity contribution is 0.103. The lowest BCUT2D eigenvalue weighted by Gasteiger charge is -2.24. The highest BCUT2D eigenvalue weighted by Gasteiger charge is 2.39. The van der Waals surface area contributed by atoms with Gasteiger partial charge in [0, 0.05) is 22.4 Å². The number of fused-ring (bicyclic) bond motifs is 2. The van der Waals surface area contributed by atoms with Gasteiger partial charge in [0.05, 0.1) is 11.3 Å². The summed E-state index contributed by atoms with van der Waals surface area (Å²) in [5, 5.41) is 3.87. The van der Waals surface area contributed by atoms with E-state index in [4.69, 9.17) is 4.99 Å². The van der Waals surface area contributed by atoms with Crippen LogP contribution in [0.3, 0.4) is 0 Å². The molecule has 3 aromatic rings. The lowest BCUT2D eigenvalue weighted by atomic mass is 9.95. The minimum atomic E-state index is -0.724. The Morgan fingerprint density at radius 1 is 0.900 bits per heavy atom. The fourth-order valence-corrected chi connectivity index (χ4v) is 4.60. The zero-order valence-electron chi connectivity index (χ0n) is 15.7.